The Hall–Kier alpha value is -1.63. The Labute approximate surface area is 99.6 Å². The van der Waals surface area contributed by atoms with Gasteiger partial charge in [0.1, 0.15) is 6.20 Å². The number of nitrogens with zero attached hydrogens (tertiary/aromatic N) is 4. The van der Waals surface area contributed by atoms with Crippen molar-refractivity contribution in [3.63, 3.8) is 0 Å². The number of piperazine rings is 1. The molecule has 17 heavy (non-hydrogen) atoms. The maximum absolute atomic E-state index is 11.0. The molecule has 0 amide bonds. The molecule has 1 saturated heterocycles. The second-order valence-electron chi connectivity index (χ2n) is 4.64. The normalized spacial score (nSPS) is 25.0. The van der Waals surface area contributed by atoms with E-state index in [9.17, 15) is 10.1 Å². The van der Waals surface area contributed by atoms with Crippen molar-refractivity contribution in [3.05, 3.63) is 16.3 Å². The van der Waals surface area contributed by atoms with E-state index in [4.69, 9.17) is 0 Å². The fraction of sp³-hybridized carbons (Fsp3) is 0.700. The van der Waals surface area contributed by atoms with Crippen molar-refractivity contribution < 1.29 is 4.92 Å². The number of anilines is 1. The van der Waals surface area contributed by atoms with Gasteiger partial charge >= 0.3 is 5.69 Å². The van der Waals surface area contributed by atoms with Crippen LogP contribution in [0.5, 0.6) is 0 Å². The first-order chi connectivity index (χ1) is 7.97. The van der Waals surface area contributed by atoms with Crippen molar-refractivity contribution in [2.24, 2.45) is 7.05 Å². The average molecular weight is 239 g/mol. The standard InChI is InChI=1S/C10H17N5O2/c1-7-4-14(5-8(2)11-7)10-9(15(16)17)6-13(3)12-10/h6-8,11H,4-5H2,1-3H3. The first-order valence-electron chi connectivity index (χ1n) is 5.66. The molecule has 1 aromatic rings. The monoisotopic (exact) mass is 239 g/mol. The lowest BCUT2D eigenvalue weighted by molar-refractivity contribution is -0.384. The van der Waals surface area contributed by atoms with Crippen molar-refractivity contribution >= 4 is 11.5 Å². The molecule has 1 aliphatic heterocycles. The first-order valence-corrected chi connectivity index (χ1v) is 5.66. The lowest BCUT2D eigenvalue weighted by atomic mass is 10.1. The Morgan fingerprint density at radius 3 is 2.59 bits per heavy atom. The molecular weight excluding hydrogens is 222 g/mol. The van der Waals surface area contributed by atoms with E-state index in [0.717, 1.165) is 13.1 Å². The molecule has 1 N–H and O–H groups in total. The smallest absolute Gasteiger partial charge is 0.330 e. The van der Waals surface area contributed by atoms with Crippen LogP contribution in [0.15, 0.2) is 6.20 Å². The molecule has 94 valence electrons. The van der Waals surface area contributed by atoms with Gasteiger partial charge in [-0.3, -0.25) is 14.8 Å². The highest BCUT2D eigenvalue weighted by Crippen LogP contribution is 2.27. The number of hydrogen-bond acceptors (Lipinski definition) is 5. The van der Waals surface area contributed by atoms with E-state index < -0.39 is 0 Å². The van der Waals surface area contributed by atoms with E-state index in [1.54, 1.807) is 7.05 Å². The fourth-order valence-corrected chi connectivity index (χ4v) is 2.32. The highest BCUT2D eigenvalue weighted by atomic mass is 16.6. The molecule has 2 unspecified atom stereocenters. The van der Waals surface area contributed by atoms with Crippen molar-refractivity contribution in [2.45, 2.75) is 25.9 Å². The summed E-state index contributed by atoms with van der Waals surface area (Å²) in [5, 5.41) is 18.5. The van der Waals surface area contributed by atoms with E-state index in [1.807, 2.05) is 4.90 Å². The van der Waals surface area contributed by atoms with Crippen LogP contribution in [0.1, 0.15) is 13.8 Å². The molecule has 0 aromatic carbocycles. The summed E-state index contributed by atoms with van der Waals surface area (Å²) in [4.78, 5) is 12.6. The van der Waals surface area contributed by atoms with Gasteiger partial charge in [-0.1, -0.05) is 0 Å². The van der Waals surface area contributed by atoms with Crippen LogP contribution in [-0.4, -0.2) is 39.9 Å². The minimum atomic E-state index is -0.375. The molecule has 0 saturated carbocycles. The Kier molecular flexibility index (Phi) is 3.01. The zero-order valence-corrected chi connectivity index (χ0v) is 10.3. The molecule has 0 spiro atoms. The molecule has 2 rings (SSSR count). The lowest BCUT2D eigenvalue weighted by Gasteiger charge is -2.35. The van der Waals surface area contributed by atoms with Gasteiger partial charge in [-0.05, 0) is 13.8 Å². The van der Waals surface area contributed by atoms with E-state index >= 15 is 0 Å². The number of aryl methyl sites for hydroxylation is 1. The number of nitrogens with one attached hydrogen (secondary N) is 1. The molecule has 0 bridgehead atoms. The maximum Gasteiger partial charge on any atom is 0.330 e. The van der Waals surface area contributed by atoms with Crippen LogP contribution in [-0.2, 0) is 7.05 Å². The predicted octanol–water partition coefficient (Wildman–Crippen LogP) is 0.515. The molecule has 0 aliphatic carbocycles. The highest BCUT2D eigenvalue weighted by molar-refractivity contribution is 5.57. The third-order valence-electron chi connectivity index (χ3n) is 2.84. The molecule has 1 fully saturated rings. The van der Waals surface area contributed by atoms with Crippen molar-refractivity contribution in [2.75, 3.05) is 18.0 Å². The number of nitro groups is 1. The fourth-order valence-electron chi connectivity index (χ4n) is 2.32. The van der Waals surface area contributed by atoms with E-state index in [-0.39, 0.29) is 10.6 Å². The van der Waals surface area contributed by atoms with Gasteiger partial charge < -0.3 is 10.2 Å². The Morgan fingerprint density at radius 2 is 2.06 bits per heavy atom. The predicted molar refractivity (Wildman–Crippen MR) is 64.1 cm³/mol. The van der Waals surface area contributed by atoms with Gasteiger partial charge in [-0.25, -0.2) is 0 Å². The molecule has 2 heterocycles. The summed E-state index contributed by atoms with van der Waals surface area (Å²) in [6.45, 7) is 5.61. The van der Waals surface area contributed by atoms with Crippen LogP contribution in [0.25, 0.3) is 0 Å². The summed E-state index contributed by atoms with van der Waals surface area (Å²) in [5.74, 6) is 0.470. The van der Waals surface area contributed by atoms with Crippen LogP contribution >= 0.6 is 0 Å². The minimum Gasteiger partial charge on any atom is -0.346 e. The van der Waals surface area contributed by atoms with Gasteiger partial charge in [0.25, 0.3) is 0 Å². The van der Waals surface area contributed by atoms with Crippen LogP contribution in [0.2, 0.25) is 0 Å². The minimum absolute atomic E-state index is 0.0776. The molecule has 7 nitrogen and oxygen atoms in total. The second kappa shape index (κ2) is 4.33. The summed E-state index contributed by atoms with van der Waals surface area (Å²) in [7, 11) is 1.70. The molecular formula is C10H17N5O2. The zero-order chi connectivity index (χ0) is 12.6. The molecule has 0 radical (unpaired) electrons. The van der Waals surface area contributed by atoms with E-state index in [1.165, 1.54) is 10.9 Å². The maximum atomic E-state index is 11.0. The highest BCUT2D eigenvalue weighted by Gasteiger charge is 2.29. The molecule has 1 aromatic heterocycles. The molecule has 7 heteroatoms. The molecule has 2 atom stereocenters. The molecule has 1 aliphatic rings. The third kappa shape index (κ3) is 2.38. The Balaban J connectivity index is 2.29. The van der Waals surface area contributed by atoms with Crippen LogP contribution < -0.4 is 10.2 Å². The summed E-state index contributed by atoms with van der Waals surface area (Å²) >= 11 is 0. The van der Waals surface area contributed by atoms with Gasteiger partial charge in [-0.2, -0.15) is 0 Å². The summed E-state index contributed by atoms with van der Waals surface area (Å²) < 4.78 is 1.49. The SMILES string of the molecule is CC1CN(c2nn(C)cc2[N+](=O)[O-])CC(C)N1. The largest absolute Gasteiger partial charge is 0.346 e. The van der Waals surface area contributed by atoms with E-state index in [2.05, 4.69) is 24.3 Å². The summed E-state index contributed by atoms with van der Waals surface area (Å²) in [6.07, 6.45) is 1.45. The van der Waals surface area contributed by atoms with E-state index in [0.29, 0.717) is 17.9 Å². The van der Waals surface area contributed by atoms with Crippen LogP contribution in [0, 0.1) is 10.1 Å². The Bertz CT molecular complexity index is 420. The van der Waals surface area contributed by atoms with Crippen LogP contribution in [0.4, 0.5) is 11.5 Å². The van der Waals surface area contributed by atoms with Gasteiger partial charge in [0.15, 0.2) is 0 Å². The van der Waals surface area contributed by atoms with Crippen molar-refractivity contribution in [3.8, 4) is 0 Å². The lowest BCUT2D eigenvalue weighted by Crippen LogP contribution is -2.54. The first kappa shape index (κ1) is 11.8. The Morgan fingerprint density at radius 1 is 1.47 bits per heavy atom. The average Bonchev–Trinajstić information content (AvgIpc) is 2.59. The zero-order valence-electron chi connectivity index (χ0n) is 10.3. The van der Waals surface area contributed by atoms with Gasteiger partial charge in [-0.15, -0.1) is 5.10 Å². The number of hydrogen-bond donors (Lipinski definition) is 1. The van der Waals surface area contributed by atoms with Crippen molar-refractivity contribution in [1.29, 1.82) is 0 Å². The summed E-state index contributed by atoms with van der Waals surface area (Å²) in [6, 6.07) is 0.612. The van der Waals surface area contributed by atoms with Crippen molar-refractivity contribution in [1.82, 2.24) is 15.1 Å². The summed E-state index contributed by atoms with van der Waals surface area (Å²) in [5.41, 5.74) is 0.0776. The quantitative estimate of drug-likeness (QED) is 0.601. The number of aromatic nitrogens is 2. The second-order valence-corrected chi connectivity index (χ2v) is 4.64. The number of rotatable bonds is 2. The topological polar surface area (TPSA) is 76.2 Å². The van der Waals surface area contributed by atoms with Crippen LogP contribution in [0.3, 0.4) is 0 Å². The third-order valence-corrected chi connectivity index (χ3v) is 2.84. The van der Waals surface area contributed by atoms with Gasteiger partial charge in [0.05, 0.1) is 4.92 Å². The van der Waals surface area contributed by atoms with Gasteiger partial charge in [0, 0.05) is 32.2 Å². The van der Waals surface area contributed by atoms with Gasteiger partial charge in [0.2, 0.25) is 5.82 Å².